The molecule has 2 amide bonds. The highest BCUT2D eigenvalue weighted by atomic mass is 35.5. The van der Waals surface area contributed by atoms with E-state index >= 15 is 0 Å². The predicted molar refractivity (Wildman–Crippen MR) is 127 cm³/mol. The van der Waals surface area contributed by atoms with Crippen molar-refractivity contribution in [2.24, 2.45) is 5.10 Å². The minimum atomic E-state index is -0.491. The number of benzene rings is 3. The standard InChI is InChI=1S/C23H18Cl3N3O3/c24-18-8-5-15(6-9-18)14-32-21-4-2-1-3-17(21)12-28-29-22(30)13-27-23(31)16-7-10-19(25)20(26)11-16/h1-12H,13-14H2,(H,27,31)(H,29,30)/b28-12+. The van der Waals surface area contributed by atoms with Gasteiger partial charge in [-0.25, -0.2) is 5.43 Å². The van der Waals surface area contributed by atoms with Gasteiger partial charge in [0.1, 0.15) is 12.4 Å². The fourth-order valence-corrected chi connectivity index (χ4v) is 3.00. The second-order valence-corrected chi connectivity index (χ2v) is 7.81. The van der Waals surface area contributed by atoms with Crippen LogP contribution in [0.3, 0.4) is 0 Å². The van der Waals surface area contributed by atoms with Gasteiger partial charge < -0.3 is 10.1 Å². The zero-order chi connectivity index (χ0) is 22.9. The first-order valence-corrected chi connectivity index (χ1v) is 10.6. The maximum absolute atomic E-state index is 12.1. The van der Waals surface area contributed by atoms with E-state index in [9.17, 15) is 9.59 Å². The summed E-state index contributed by atoms with van der Waals surface area (Å²) in [5.74, 6) is -0.341. The van der Waals surface area contributed by atoms with Crippen molar-refractivity contribution in [3.8, 4) is 5.75 Å². The van der Waals surface area contributed by atoms with Crippen LogP contribution < -0.4 is 15.5 Å². The van der Waals surface area contributed by atoms with Crippen LogP contribution in [0.4, 0.5) is 0 Å². The summed E-state index contributed by atoms with van der Waals surface area (Å²) in [5, 5.41) is 7.67. The first kappa shape index (κ1) is 23.6. The molecule has 3 aromatic carbocycles. The van der Waals surface area contributed by atoms with E-state index < -0.39 is 11.8 Å². The Balaban J connectivity index is 1.50. The fourth-order valence-electron chi connectivity index (χ4n) is 2.57. The van der Waals surface area contributed by atoms with Crippen molar-refractivity contribution < 1.29 is 14.3 Å². The molecule has 0 saturated heterocycles. The molecule has 32 heavy (non-hydrogen) atoms. The Kier molecular flexibility index (Phi) is 8.50. The molecule has 0 aromatic heterocycles. The molecule has 3 rings (SSSR count). The topological polar surface area (TPSA) is 79.8 Å². The van der Waals surface area contributed by atoms with Gasteiger partial charge >= 0.3 is 0 Å². The molecule has 0 atom stereocenters. The van der Waals surface area contributed by atoms with E-state index in [0.717, 1.165) is 5.56 Å². The van der Waals surface area contributed by atoms with Gasteiger partial charge in [0.25, 0.3) is 11.8 Å². The van der Waals surface area contributed by atoms with Crippen molar-refractivity contribution >= 4 is 52.8 Å². The summed E-state index contributed by atoms with van der Waals surface area (Å²) in [6.45, 7) is 0.0975. The number of para-hydroxylation sites is 1. The Hall–Kier alpha value is -3.06. The number of ether oxygens (including phenoxy) is 1. The Morgan fingerprint density at radius 1 is 0.938 bits per heavy atom. The van der Waals surface area contributed by atoms with Gasteiger partial charge in [0.15, 0.2) is 0 Å². The van der Waals surface area contributed by atoms with Gasteiger partial charge in [0, 0.05) is 16.1 Å². The molecule has 0 spiro atoms. The molecule has 9 heteroatoms. The van der Waals surface area contributed by atoms with Crippen LogP contribution in [0.25, 0.3) is 0 Å². The van der Waals surface area contributed by atoms with Crippen molar-refractivity contribution in [2.75, 3.05) is 6.54 Å². The average Bonchev–Trinajstić information content (AvgIpc) is 2.79. The largest absolute Gasteiger partial charge is 0.488 e. The van der Waals surface area contributed by atoms with E-state index in [1.807, 2.05) is 24.3 Å². The maximum atomic E-state index is 12.1. The SMILES string of the molecule is O=C(CNC(=O)c1ccc(Cl)c(Cl)c1)N/N=C/c1ccccc1OCc1ccc(Cl)cc1. The lowest BCUT2D eigenvalue weighted by Gasteiger charge is -2.09. The zero-order valence-electron chi connectivity index (χ0n) is 16.6. The summed E-state index contributed by atoms with van der Waals surface area (Å²) in [5.41, 5.74) is 4.31. The number of amides is 2. The van der Waals surface area contributed by atoms with Gasteiger partial charge in [-0.05, 0) is 48.0 Å². The summed E-state index contributed by atoms with van der Waals surface area (Å²) in [7, 11) is 0. The molecule has 0 radical (unpaired) electrons. The number of hydrogen-bond donors (Lipinski definition) is 2. The number of carbonyl (C=O) groups is 2. The Labute approximate surface area is 200 Å². The molecule has 0 bridgehead atoms. The Bertz CT molecular complexity index is 1130. The van der Waals surface area contributed by atoms with E-state index in [2.05, 4.69) is 15.8 Å². The first-order valence-electron chi connectivity index (χ1n) is 9.44. The summed E-state index contributed by atoms with van der Waals surface area (Å²) in [6.07, 6.45) is 1.47. The molecule has 3 aromatic rings. The van der Waals surface area contributed by atoms with Crippen molar-refractivity contribution in [2.45, 2.75) is 6.61 Å². The molecule has 6 nitrogen and oxygen atoms in total. The maximum Gasteiger partial charge on any atom is 0.259 e. The van der Waals surface area contributed by atoms with Crippen molar-refractivity contribution in [3.05, 3.63) is 98.5 Å². The van der Waals surface area contributed by atoms with E-state index in [1.165, 1.54) is 24.4 Å². The third kappa shape index (κ3) is 6.99. The van der Waals surface area contributed by atoms with Crippen LogP contribution in [-0.2, 0) is 11.4 Å². The Morgan fingerprint density at radius 3 is 2.44 bits per heavy atom. The lowest BCUT2D eigenvalue weighted by molar-refractivity contribution is -0.120. The Morgan fingerprint density at radius 2 is 1.69 bits per heavy atom. The summed E-state index contributed by atoms with van der Waals surface area (Å²) >= 11 is 17.6. The van der Waals surface area contributed by atoms with Gasteiger partial charge in [0.2, 0.25) is 0 Å². The van der Waals surface area contributed by atoms with Crippen LogP contribution in [0.5, 0.6) is 5.75 Å². The van der Waals surface area contributed by atoms with Crippen LogP contribution in [0.2, 0.25) is 15.1 Å². The monoisotopic (exact) mass is 489 g/mol. The highest BCUT2D eigenvalue weighted by Gasteiger charge is 2.09. The summed E-state index contributed by atoms with van der Waals surface area (Å²) in [6, 6.07) is 19.1. The summed E-state index contributed by atoms with van der Waals surface area (Å²) < 4.78 is 5.84. The van der Waals surface area contributed by atoms with Crippen LogP contribution in [0.15, 0.2) is 71.8 Å². The second-order valence-electron chi connectivity index (χ2n) is 6.56. The fraction of sp³-hybridized carbons (Fsp3) is 0.0870. The molecule has 0 aliphatic heterocycles. The second kappa shape index (κ2) is 11.5. The van der Waals surface area contributed by atoms with E-state index in [0.29, 0.717) is 33.5 Å². The smallest absolute Gasteiger partial charge is 0.259 e. The molecular weight excluding hydrogens is 473 g/mol. The van der Waals surface area contributed by atoms with Crippen LogP contribution >= 0.6 is 34.8 Å². The molecule has 0 aliphatic carbocycles. The molecule has 164 valence electrons. The number of carbonyl (C=O) groups excluding carboxylic acids is 2. The highest BCUT2D eigenvalue weighted by Crippen LogP contribution is 2.22. The third-order valence-electron chi connectivity index (χ3n) is 4.21. The molecule has 2 N–H and O–H groups in total. The van der Waals surface area contributed by atoms with Crippen LogP contribution in [0.1, 0.15) is 21.5 Å². The molecule has 0 saturated carbocycles. The quantitative estimate of drug-likeness (QED) is 0.340. The zero-order valence-corrected chi connectivity index (χ0v) is 18.9. The lowest BCUT2D eigenvalue weighted by Crippen LogP contribution is -2.34. The number of hydrogen-bond acceptors (Lipinski definition) is 4. The highest BCUT2D eigenvalue weighted by molar-refractivity contribution is 6.42. The number of hydrazone groups is 1. The minimum Gasteiger partial charge on any atom is -0.488 e. The van der Waals surface area contributed by atoms with Crippen molar-refractivity contribution in [3.63, 3.8) is 0 Å². The minimum absolute atomic E-state index is 0.255. The number of halogens is 3. The molecule has 0 unspecified atom stereocenters. The van der Waals surface area contributed by atoms with Crippen molar-refractivity contribution in [1.29, 1.82) is 0 Å². The molecule has 0 fully saturated rings. The number of nitrogens with zero attached hydrogens (tertiary/aromatic N) is 1. The number of nitrogens with one attached hydrogen (secondary N) is 2. The van der Waals surface area contributed by atoms with E-state index in [1.54, 1.807) is 24.3 Å². The predicted octanol–water partition coefficient (Wildman–Crippen LogP) is 5.11. The van der Waals surface area contributed by atoms with Crippen molar-refractivity contribution in [1.82, 2.24) is 10.7 Å². The number of rotatable bonds is 8. The van der Waals surface area contributed by atoms with Gasteiger partial charge in [0.05, 0.1) is 22.8 Å². The summed E-state index contributed by atoms with van der Waals surface area (Å²) in [4.78, 5) is 24.1. The molecular formula is C23H18Cl3N3O3. The van der Waals surface area contributed by atoms with E-state index in [-0.39, 0.29) is 11.6 Å². The van der Waals surface area contributed by atoms with Gasteiger partial charge in [-0.3, -0.25) is 9.59 Å². The van der Waals surface area contributed by atoms with Crippen LogP contribution in [-0.4, -0.2) is 24.6 Å². The van der Waals surface area contributed by atoms with Gasteiger partial charge in [-0.1, -0.05) is 59.1 Å². The van der Waals surface area contributed by atoms with E-state index in [4.69, 9.17) is 39.5 Å². The molecule has 0 heterocycles. The van der Waals surface area contributed by atoms with Crippen LogP contribution in [0, 0.1) is 0 Å². The molecule has 0 aliphatic rings. The van der Waals surface area contributed by atoms with Gasteiger partial charge in [-0.2, -0.15) is 5.10 Å². The normalized spacial score (nSPS) is 10.7. The average molecular weight is 491 g/mol. The lowest BCUT2D eigenvalue weighted by atomic mass is 10.2. The third-order valence-corrected chi connectivity index (χ3v) is 5.20. The first-order chi connectivity index (χ1) is 15.4. The van der Waals surface area contributed by atoms with Gasteiger partial charge in [-0.15, -0.1) is 0 Å².